The molecular weight excluding hydrogens is 372 g/mol. The highest BCUT2D eigenvalue weighted by atomic mass is 35.5. The Morgan fingerprint density at radius 3 is 2.54 bits per heavy atom. The van der Waals surface area contributed by atoms with Gasteiger partial charge in [-0.25, -0.2) is 0 Å². The summed E-state index contributed by atoms with van der Waals surface area (Å²) in [5, 5.41) is 3.73. The quantitative estimate of drug-likeness (QED) is 0.834. The first-order valence-electron chi connectivity index (χ1n) is 9.93. The van der Waals surface area contributed by atoms with Crippen molar-refractivity contribution in [1.29, 1.82) is 0 Å². The largest absolute Gasteiger partial charge is 0.350 e. The highest BCUT2D eigenvalue weighted by Crippen LogP contribution is 2.37. The lowest BCUT2D eigenvalue weighted by Crippen LogP contribution is -2.64. The molecule has 1 heterocycles. The zero-order valence-electron chi connectivity index (χ0n) is 16.1. The predicted octanol–water partition coefficient (Wildman–Crippen LogP) is 4.36. The number of nitrogens with zero attached hydrogens (tertiary/aromatic N) is 1. The minimum absolute atomic E-state index is 0.0158. The first kappa shape index (κ1) is 19.0. The molecule has 2 aromatic carbocycles. The van der Waals surface area contributed by atoms with Gasteiger partial charge in [-0.3, -0.25) is 9.59 Å². The summed E-state index contributed by atoms with van der Waals surface area (Å²) in [7, 11) is 0. The van der Waals surface area contributed by atoms with Crippen LogP contribution in [0.1, 0.15) is 54.1 Å². The van der Waals surface area contributed by atoms with E-state index in [1.165, 1.54) is 0 Å². The third-order valence-corrected chi connectivity index (χ3v) is 6.33. The van der Waals surface area contributed by atoms with Crippen molar-refractivity contribution in [2.45, 2.75) is 57.2 Å². The summed E-state index contributed by atoms with van der Waals surface area (Å²) in [5.74, 6) is -0.116. The Morgan fingerprint density at radius 1 is 1.14 bits per heavy atom. The van der Waals surface area contributed by atoms with Crippen LogP contribution in [0, 0.1) is 0 Å². The van der Waals surface area contributed by atoms with Crippen LogP contribution in [0.3, 0.4) is 0 Å². The molecule has 0 spiro atoms. The van der Waals surface area contributed by atoms with E-state index in [2.05, 4.69) is 5.32 Å². The van der Waals surface area contributed by atoms with Gasteiger partial charge in [0.15, 0.2) is 0 Å². The van der Waals surface area contributed by atoms with E-state index in [-0.39, 0.29) is 17.9 Å². The summed E-state index contributed by atoms with van der Waals surface area (Å²) < 4.78 is 0. The van der Waals surface area contributed by atoms with Crippen LogP contribution in [0.5, 0.6) is 0 Å². The molecule has 4 nitrogen and oxygen atoms in total. The highest BCUT2D eigenvalue weighted by Gasteiger charge is 2.49. The molecule has 1 N–H and O–H groups in total. The SMILES string of the molecule is C[C@@]1(C(=O)NCc2ccc(Cl)cc2)Cc2ccccc2C(=O)N1C1CCCC1. The van der Waals surface area contributed by atoms with Crippen LogP contribution >= 0.6 is 11.6 Å². The molecular formula is C23H25ClN2O2. The zero-order chi connectivity index (χ0) is 19.7. The van der Waals surface area contributed by atoms with Gasteiger partial charge >= 0.3 is 0 Å². The lowest BCUT2D eigenvalue weighted by atomic mass is 9.81. The van der Waals surface area contributed by atoms with Crippen molar-refractivity contribution in [2.75, 3.05) is 0 Å². The molecule has 1 aliphatic heterocycles. The molecule has 1 aliphatic carbocycles. The molecule has 5 heteroatoms. The average molecular weight is 397 g/mol. The summed E-state index contributed by atoms with van der Waals surface area (Å²) in [6.45, 7) is 2.33. The topological polar surface area (TPSA) is 49.4 Å². The van der Waals surface area contributed by atoms with Crippen LogP contribution in [0.2, 0.25) is 5.02 Å². The van der Waals surface area contributed by atoms with Crippen LogP contribution in [-0.4, -0.2) is 28.3 Å². The van der Waals surface area contributed by atoms with Crippen molar-refractivity contribution in [3.8, 4) is 0 Å². The van der Waals surface area contributed by atoms with Gasteiger partial charge in [-0.1, -0.05) is 54.8 Å². The number of fused-ring (bicyclic) bond motifs is 1. The van der Waals surface area contributed by atoms with Crippen molar-refractivity contribution >= 4 is 23.4 Å². The number of hydrogen-bond acceptors (Lipinski definition) is 2. The van der Waals surface area contributed by atoms with E-state index in [9.17, 15) is 9.59 Å². The number of benzene rings is 2. The van der Waals surface area contributed by atoms with Gasteiger partial charge in [-0.05, 0) is 49.1 Å². The zero-order valence-corrected chi connectivity index (χ0v) is 16.8. The number of nitrogens with one attached hydrogen (secondary N) is 1. The maximum absolute atomic E-state index is 13.4. The molecule has 1 saturated carbocycles. The Labute approximate surface area is 170 Å². The first-order valence-corrected chi connectivity index (χ1v) is 10.3. The molecule has 0 unspecified atom stereocenters. The number of rotatable bonds is 4. The van der Waals surface area contributed by atoms with Crippen molar-refractivity contribution < 1.29 is 9.59 Å². The molecule has 0 radical (unpaired) electrons. The fraction of sp³-hybridized carbons (Fsp3) is 0.391. The second-order valence-corrected chi connectivity index (χ2v) is 8.47. The first-order chi connectivity index (χ1) is 13.5. The predicted molar refractivity (Wildman–Crippen MR) is 110 cm³/mol. The monoisotopic (exact) mass is 396 g/mol. The van der Waals surface area contributed by atoms with Gasteiger partial charge in [0, 0.05) is 29.6 Å². The molecule has 2 amide bonds. The third-order valence-electron chi connectivity index (χ3n) is 6.08. The Hall–Kier alpha value is -2.33. The normalized spacial score (nSPS) is 22.2. The van der Waals surface area contributed by atoms with E-state index < -0.39 is 5.54 Å². The van der Waals surface area contributed by atoms with Crippen LogP contribution in [0.15, 0.2) is 48.5 Å². The third kappa shape index (κ3) is 3.42. The number of carbonyl (C=O) groups is 2. The van der Waals surface area contributed by atoms with Gasteiger partial charge in [0.05, 0.1) is 0 Å². The number of carbonyl (C=O) groups excluding carboxylic acids is 2. The molecule has 146 valence electrons. The molecule has 2 aliphatic rings. The molecule has 0 aromatic heterocycles. The van der Waals surface area contributed by atoms with Crippen LogP contribution < -0.4 is 5.32 Å². The smallest absolute Gasteiger partial charge is 0.255 e. The number of halogens is 1. The average Bonchev–Trinajstić information content (AvgIpc) is 3.21. The molecule has 1 atom stereocenters. The summed E-state index contributed by atoms with van der Waals surface area (Å²) in [6, 6.07) is 15.2. The second-order valence-electron chi connectivity index (χ2n) is 8.03. The fourth-order valence-electron chi connectivity index (χ4n) is 4.59. The van der Waals surface area contributed by atoms with Crippen molar-refractivity contribution in [1.82, 2.24) is 10.2 Å². The van der Waals surface area contributed by atoms with Gasteiger partial charge in [0.2, 0.25) is 5.91 Å². The second kappa shape index (κ2) is 7.59. The van der Waals surface area contributed by atoms with Gasteiger partial charge in [-0.2, -0.15) is 0 Å². The van der Waals surface area contributed by atoms with Gasteiger partial charge in [-0.15, -0.1) is 0 Å². The molecule has 2 aromatic rings. The summed E-state index contributed by atoms with van der Waals surface area (Å²) in [6.07, 6.45) is 4.69. The van der Waals surface area contributed by atoms with Crippen LogP contribution in [0.4, 0.5) is 0 Å². The van der Waals surface area contributed by atoms with Gasteiger partial charge in [0.25, 0.3) is 5.91 Å². The summed E-state index contributed by atoms with van der Waals surface area (Å²) >= 11 is 5.94. The molecule has 0 saturated heterocycles. The van der Waals surface area contributed by atoms with Gasteiger partial charge < -0.3 is 10.2 Å². The fourth-order valence-corrected chi connectivity index (χ4v) is 4.71. The lowest BCUT2D eigenvalue weighted by Gasteiger charge is -2.47. The van der Waals surface area contributed by atoms with E-state index >= 15 is 0 Å². The van der Waals surface area contributed by atoms with Crippen LogP contribution in [-0.2, 0) is 17.8 Å². The van der Waals surface area contributed by atoms with E-state index in [0.717, 1.165) is 42.4 Å². The molecule has 1 fully saturated rings. The van der Waals surface area contributed by atoms with Crippen LogP contribution in [0.25, 0.3) is 0 Å². The summed E-state index contributed by atoms with van der Waals surface area (Å²) in [4.78, 5) is 28.6. The molecule has 4 rings (SSSR count). The van der Waals surface area contributed by atoms with Crippen molar-refractivity contribution in [3.05, 3.63) is 70.2 Å². The minimum Gasteiger partial charge on any atom is -0.350 e. The maximum Gasteiger partial charge on any atom is 0.255 e. The van der Waals surface area contributed by atoms with E-state index in [1.807, 2.05) is 60.4 Å². The van der Waals surface area contributed by atoms with E-state index in [0.29, 0.717) is 18.0 Å². The van der Waals surface area contributed by atoms with Crippen molar-refractivity contribution in [3.63, 3.8) is 0 Å². The lowest BCUT2D eigenvalue weighted by molar-refractivity contribution is -0.133. The Kier molecular flexibility index (Phi) is 5.15. The van der Waals surface area contributed by atoms with E-state index in [4.69, 9.17) is 11.6 Å². The number of hydrogen-bond donors (Lipinski definition) is 1. The molecule has 28 heavy (non-hydrogen) atoms. The summed E-state index contributed by atoms with van der Waals surface area (Å²) in [5.41, 5.74) is 1.78. The van der Waals surface area contributed by atoms with Gasteiger partial charge in [0.1, 0.15) is 5.54 Å². The maximum atomic E-state index is 13.4. The molecule has 0 bridgehead atoms. The highest BCUT2D eigenvalue weighted by molar-refractivity contribution is 6.30. The Morgan fingerprint density at radius 2 is 1.82 bits per heavy atom. The van der Waals surface area contributed by atoms with E-state index in [1.54, 1.807) is 0 Å². The Bertz CT molecular complexity index is 890. The number of amides is 2. The minimum atomic E-state index is -0.882. The van der Waals surface area contributed by atoms with Crippen molar-refractivity contribution in [2.24, 2.45) is 0 Å². The Balaban J connectivity index is 1.62. The standard InChI is InChI=1S/C23H25ClN2O2/c1-23(22(28)25-15-16-10-12-18(24)13-11-16)14-17-6-2-5-9-20(17)21(27)26(23)19-7-3-4-8-19/h2,5-6,9-13,19H,3-4,7-8,14-15H2,1H3,(H,25,28)/t23-/m0/s1.